The highest BCUT2D eigenvalue weighted by Gasteiger charge is 2.16. The van der Waals surface area contributed by atoms with Crippen molar-refractivity contribution in [3.05, 3.63) is 47.6 Å². The van der Waals surface area contributed by atoms with Crippen molar-refractivity contribution in [3.8, 4) is 11.5 Å². The molecule has 0 saturated heterocycles. The summed E-state index contributed by atoms with van der Waals surface area (Å²) in [6, 6.07) is 3.57. The zero-order valence-corrected chi connectivity index (χ0v) is 15.6. The number of aromatic hydroxyl groups is 2. The highest BCUT2D eigenvalue weighted by molar-refractivity contribution is 5.49. The first kappa shape index (κ1) is 20.3. The van der Waals surface area contributed by atoms with Crippen molar-refractivity contribution >= 4 is 0 Å². The summed E-state index contributed by atoms with van der Waals surface area (Å²) in [5.74, 6) is 0.729. The number of unbranched alkanes of at least 4 members (excludes halogenated alkanes) is 3. The highest BCUT2D eigenvalue weighted by Crippen LogP contribution is 2.37. The molecule has 0 heterocycles. The largest absolute Gasteiger partial charge is 0.508 e. The third-order valence-electron chi connectivity index (χ3n) is 4.53. The molecule has 0 aliphatic carbocycles. The van der Waals surface area contributed by atoms with Gasteiger partial charge in [0.25, 0.3) is 0 Å². The molecule has 0 spiro atoms. The van der Waals surface area contributed by atoms with Gasteiger partial charge in [-0.15, -0.1) is 0 Å². The molecule has 0 saturated carbocycles. The summed E-state index contributed by atoms with van der Waals surface area (Å²) < 4.78 is 0. The molecule has 2 heteroatoms. The van der Waals surface area contributed by atoms with E-state index >= 15 is 0 Å². The molecule has 0 bridgehead atoms. The van der Waals surface area contributed by atoms with Crippen LogP contribution in [0.1, 0.15) is 82.3 Å². The van der Waals surface area contributed by atoms with Gasteiger partial charge in [-0.3, -0.25) is 0 Å². The standard InChI is InChI=1S/C22H34O2/c1-4-6-8-9-10-11-12-13-15-19(14-7-5-2)20-16-17-21(23)18(3)22(20)24/h9-10,12-13,16-17,19,23-24H,4-8,11,14-15H2,1-3H3/b10-9+,13-12-. The van der Waals surface area contributed by atoms with Crippen LogP contribution in [-0.4, -0.2) is 10.2 Å². The normalized spacial score (nSPS) is 13.1. The number of rotatable bonds is 11. The molecule has 1 aromatic carbocycles. The molecular formula is C22H34O2. The Morgan fingerprint density at radius 2 is 1.67 bits per heavy atom. The van der Waals surface area contributed by atoms with Gasteiger partial charge in [-0.05, 0) is 50.2 Å². The number of hydrogen-bond acceptors (Lipinski definition) is 2. The minimum atomic E-state index is 0.165. The Labute approximate surface area is 147 Å². The molecule has 0 fully saturated rings. The van der Waals surface area contributed by atoms with Crippen LogP contribution in [0.25, 0.3) is 0 Å². The van der Waals surface area contributed by atoms with E-state index in [2.05, 4.69) is 38.2 Å². The quantitative estimate of drug-likeness (QED) is 0.347. The SMILES string of the molecule is CCCC/C=C/C/C=C\CC(CCCC)c1ccc(O)c(C)c1O. The zero-order valence-electron chi connectivity index (χ0n) is 15.6. The first-order valence-corrected chi connectivity index (χ1v) is 9.43. The smallest absolute Gasteiger partial charge is 0.125 e. The van der Waals surface area contributed by atoms with Crippen molar-refractivity contribution in [1.29, 1.82) is 0 Å². The van der Waals surface area contributed by atoms with E-state index in [0.29, 0.717) is 11.5 Å². The first-order chi connectivity index (χ1) is 11.6. The highest BCUT2D eigenvalue weighted by atomic mass is 16.3. The summed E-state index contributed by atoms with van der Waals surface area (Å²) in [4.78, 5) is 0. The second-order valence-corrected chi connectivity index (χ2v) is 6.54. The van der Waals surface area contributed by atoms with Crippen LogP contribution >= 0.6 is 0 Å². The lowest BCUT2D eigenvalue weighted by atomic mass is 9.88. The van der Waals surface area contributed by atoms with Crippen molar-refractivity contribution in [2.24, 2.45) is 0 Å². The third-order valence-corrected chi connectivity index (χ3v) is 4.53. The van der Waals surface area contributed by atoms with Gasteiger partial charge in [-0.1, -0.05) is 69.9 Å². The van der Waals surface area contributed by atoms with E-state index in [1.54, 1.807) is 13.0 Å². The lowest BCUT2D eigenvalue weighted by Crippen LogP contribution is -1.99. The Morgan fingerprint density at radius 1 is 0.958 bits per heavy atom. The Hall–Kier alpha value is -1.70. The maximum absolute atomic E-state index is 10.4. The van der Waals surface area contributed by atoms with Crippen molar-refractivity contribution in [3.63, 3.8) is 0 Å². The topological polar surface area (TPSA) is 40.5 Å². The monoisotopic (exact) mass is 330 g/mol. The van der Waals surface area contributed by atoms with Crippen molar-refractivity contribution in [1.82, 2.24) is 0 Å². The summed E-state index contributed by atoms with van der Waals surface area (Å²) in [5, 5.41) is 20.1. The number of hydrogen-bond donors (Lipinski definition) is 2. The number of phenols is 2. The van der Waals surface area contributed by atoms with E-state index in [1.807, 2.05) is 6.07 Å². The number of phenolic OH excluding ortho intramolecular Hbond substituents is 2. The van der Waals surface area contributed by atoms with E-state index in [9.17, 15) is 10.2 Å². The van der Waals surface area contributed by atoms with Crippen LogP contribution in [0.4, 0.5) is 0 Å². The minimum absolute atomic E-state index is 0.165. The molecule has 0 amide bonds. The van der Waals surface area contributed by atoms with Crippen LogP contribution in [0.5, 0.6) is 11.5 Å². The maximum Gasteiger partial charge on any atom is 0.125 e. The average molecular weight is 331 g/mol. The molecule has 1 unspecified atom stereocenters. The fourth-order valence-corrected chi connectivity index (χ4v) is 2.86. The lowest BCUT2D eigenvalue weighted by Gasteiger charge is -2.18. The van der Waals surface area contributed by atoms with E-state index in [4.69, 9.17) is 0 Å². The molecule has 1 rings (SSSR count). The molecule has 1 atom stereocenters. The fourth-order valence-electron chi connectivity index (χ4n) is 2.86. The van der Waals surface area contributed by atoms with E-state index < -0.39 is 0 Å². The zero-order chi connectivity index (χ0) is 17.8. The third kappa shape index (κ3) is 6.82. The van der Waals surface area contributed by atoms with Gasteiger partial charge in [0.2, 0.25) is 0 Å². The van der Waals surface area contributed by atoms with Crippen LogP contribution in [0.15, 0.2) is 36.4 Å². The average Bonchev–Trinajstić information content (AvgIpc) is 2.58. The van der Waals surface area contributed by atoms with E-state index in [1.165, 1.54) is 19.3 Å². The molecule has 134 valence electrons. The van der Waals surface area contributed by atoms with Gasteiger partial charge in [0.15, 0.2) is 0 Å². The van der Waals surface area contributed by atoms with Crippen molar-refractivity contribution in [2.75, 3.05) is 0 Å². The number of benzene rings is 1. The summed E-state index contributed by atoms with van der Waals surface area (Å²) in [6.07, 6.45) is 17.9. The summed E-state index contributed by atoms with van der Waals surface area (Å²) in [7, 11) is 0. The van der Waals surface area contributed by atoms with Crippen LogP contribution in [-0.2, 0) is 0 Å². The minimum Gasteiger partial charge on any atom is -0.508 e. The van der Waals surface area contributed by atoms with Crippen LogP contribution in [0.2, 0.25) is 0 Å². The molecule has 0 aromatic heterocycles. The van der Waals surface area contributed by atoms with Gasteiger partial charge in [-0.2, -0.15) is 0 Å². The van der Waals surface area contributed by atoms with Gasteiger partial charge in [0, 0.05) is 5.56 Å². The number of allylic oxidation sites excluding steroid dienone is 4. The molecule has 24 heavy (non-hydrogen) atoms. The molecule has 0 aliphatic rings. The van der Waals surface area contributed by atoms with Gasteiger partial charge >= 0.3 is 0 Å². The predicted octanol–water partition coefficient (Wildman–Crippen LogP) is 6.76. The van der Waals surface area contributed by atoms with Crippen molar-refractivity contribution in [2.45, 2.75) is 78.1 Å². The van der Waals surface area contributed by atoms with Gasteiger partial charge in [0.05, 0.1) is 0 Å². The van der Waals surface area contributed by atoms with Gasteiger partial charge in [-0.25, -0.2) is 0 Å². The van der Waals surface area contributed by atoms with Crippen LogP contribution < -0.4 is 0 Å². The second-order valence-electron chi connectivity index (χ2n) is 6.54. The Bertz CT molecular complexity index is 529. The fraction of sp³-hybridized carbons (Fsp3) is 0.545. The Kier molecular flexibility index (Phi) is 9.98. The van der Waals surface area contributed by atoms with E-state index in [-0.39, 0.29) is 11.5 Å². The summed E-state index contributed by atoms with van der Waals surface area (Å²) >= 11 is 0. The molecule has 0 radical (unpaired) electrons. The van der Waals surface area contributed by atoms with Gasteiger partial charge in [0.1, 0.15) is 11.5 Å². The summed E-state index contributed by atoms with van der Waals surface area (Å²) in [6.45, 7) is 6.17. The predicted molar refractivity (Wildman–Crippen MR) is 104 cm³/mol. The Morgan fingerprint density at radius 3 is 2.38 bits per heavy atom. The second kappa shape index (κ2) is 11.8. The maximum atomic E-state index is 10.4. The Balaban J connectivity index is 2.66. The van der Waals surface area contributed by atoms with Gasteiger partial charge < -0.3 is 10.2 Å². The first-order valence-electron chi connectivity index (χ1n) is 9.43. The molecule has 1 aromatic rings. The van der Waals surface area contributed by atoms with Crippen molar-refractivity contribution < 1.29 is 10.2 Å². The van der Waals surface area contributed by atoms with E-state index in [0.717, 1.165) is 37.7 Å². The molecular weight excluding hydrogens is 296 g/mol. The summed E-state index contributed by atoms with van der Waals surface area (Å²) in [5.41, 5.74) is 1.54. The molecule has 2 nitrogen and oxygen atoms in total. The molecule has 2 N–H and O–H groups in total. The lowest BCUT2D eigenvalue weighted by molar-refractivity contribution is 0.431. The van der Waals surface area contributed by atoms with Crippen LogP contribution in [0, 0.1) is 6.92 Å². The molecule has 0 aliphatic heterocycles. The van der Waals surface area contributed by atoms with Crippen LogP contribution in [0.3, 0.4) is 0 Å².